The smallest absolute Gasteiger partial charge is 0.434 e. The van der Waals surface area contributed by atoms with Crippen LogP contribution in [-0.4, -0.2) is 84.7 Å². The first kappa shape index (κ1) is 31.8. The minimum atomic E-state index is -10.1. The molecule has 0 bridgehead atoms. The molecule has 2 aliphatic heterocycles. The fourth-order valence-corrected chi connectivity index (χ4v) is 5.06. The summed E-state index contributed by atoms with van der Waals surface area (Å²) in [5.74, 6) is -1.87. The summed E-state index contributed by atoms with van der Waals surface area (Å²) in [6, 6.07) is 1.34. The van der Waals surface area contributed by atoms with Gasteiger partial charge in [-0.05, 0) is 30.5 Å². The molecule has 0 atom stereocenters. The number of carbonyl (C=O) groups excluding carboxylic acids is 1. The van der Waals surface area contributed by atoms with Crippen LogP contribution in [0.3, 0.4) is 0 Å². The Balaban J connectivity index is 1.74. The van der Waals surface area contributed by atoms with Crippen LogP contribution in [-0.2, 0) is 16.1 Å². The zero-order valence-corrected chi connectivity index (χ0v) is 21.1. The molecular formula is C21H24F11N3O4S. The molecule has 1 aromatic carbocycles. The summed E-state index contributed by atoms with van der Waals surface area (Å²) in [4.78, 5) is 24.5. The number of aliphatic carboxylic acids is 1. The molecule has 2 saturated heterocycles. The lowest BCUT2D eigenvalue weighted by molar-refractivity contribution is -0.308. The van der Waals surface area contributed by atoms with Crippen molar-refractivity contribution in [2.75, 3.05) is 44.2 Å². The number of nitrogens with zero attached hydrogens (tertiary/aromatic N) is 3. The maximum absolute atomic E-state index is 13.5. The van der Waals surface area contributed by atoms with E-state index in [1.807, 2.05) is 0 Å². The van der Waals surface area contributed by atoms with E-state index >= 15 is 0 Å². The van der Waals surface area contributed by atoms with Gasteiger partial charge in [0.25, 0.3) is 6.10 Å². The normalized spacial score (nSPS) is 20.3. The Kier molecular flexibility index (Phi) is 7.95. The van der Waals surface area contributed by atoms with Crippen LogP contribution in [0.1, 0.15) is 18.4 Å². The second-order valence-electron chi connectivity index (χ2n) is 9.47. The van der Waals surface area contributed by atoms with Gasteiger partial charge in [0, 0.05) is 51.5 Å². The highest BCUT2D eigenvalue weighted by molar-refractivity contribution is 8.45. The van der Waals surface area contributed by atoms with Gasteiger partial charge in [0.15, 0.2) is 0 Å². The first-order valence-electron chi connectivity index (χ1n) is 11.6. The highest BCUT2D eigenvalue weighted by atomic mass is 32.5. The van der Waals surface area contributed by atoms with Crippen LogP contribution in [0.4, 0.5) is 56.3 Å². The van der Waals surface area contributed by atoms with Crippen molar-refractivity contribution in [3.8, 4) is 0 Å². The van der Waals surface area contributed by atoms with Crippen LogP contribution in [0, 0.1) is 5.92 Å². The van der Waals surface area contributed by atoms with Gasteiger partial charge in [-0.15, -0.1) is 0 Å². The van der Waals surface area contributed by atoms with Crippen molar-refractivity contribution in [3.63, 3.8) is 0 Å². The number of ether oxygens (including phenoxy) is 1. The number of hydrogen-bond acceptors (Lipinski definition) is 5. The Bertz CT molecular complexity index is 1100. The average molecular weight is 623 g/mol. The van der Waals surface area contributed by atoms with Gasteiger partial charge in [-0.1, -0.05) is 25.5 Å². The summed E-state index contributed by atoms with van der Waals surface area (Å²) in [7, 11) is -10.1. The fraction of sp³-hybridized carbons (Fsp3) is 0.619. The lowest BCUT2D eigenvalue weighted by Crippen LogP contribution is -2.52. The maximum atomic E-state index is 13.5. The quantitative estimate of drug-likeness (QED) is 0.371. The number of halogens is 11. The topological polar surface area (TPSA) is 73.3 Å². The molecule has 2 fully saturated rings. The fourth-order valence-electron chi connectivity index (χ4n) is 4.40. The van der Waals surface area contributed by atoms with Crippen molar-refractivity contribution < 1.29 is 65.2 Å². The van der Waals surface area contributed by atoms with Gasteiger partial charge in [-0.2, -0.15) is 26.3 Å². The minimum Gasteiger partial charge on any atom is -0.481 e. The maximum Gasteiger partial charge on any atom is 0.434 e. The van der Waals surface area contributed by atoms with E-state index in [0.717, 1.165) is 6.07 Å². The van der Waals surface area contributed by atoms with E-state index in [4.69, 9.17) is 5.11 Å². The highest BCUT2D eigenvalue weighted by Crippen LogP contribution is 3.02. The molecule has 0 aromatic heterocycles. The molecule has 230 valence electrons. The average Bonchev–Trinajstić information content (AvgIpc) is 2.80. The summed E-state index contributed by atoms with van der Waals surface area (Å²) in [6.45, 7) is -1.27. The second kappa shape index (κ2) is 9.99. The number of carbonyl (C=O) groups is 2. The minimum absolute atomic E-state index is 0.0348. The molecule has 0 aliphatic carbocycles. The van der Waals surface area contributed by atoms with Gasteiger partial charge in [0.2, 0.25) is 0 Å². The van der Waals surface area contributed by atoms with Crippen LogP contribution in [0.5, 0.6) is 0 Å². The van der Waals surface area contributed by atoms with Crippen LogP contribution in [0.15, 0.2) is 23.1 Å². The molecule has 0 radical (unpaired) electrons. The number of hydrogen-bond donors (Lipinski definition) is 1. The van der Waals surface area contributed by atoms with Gasteiger partial charge in [-0.3, -0.25) is 9.69 Å². The Morgan fingerprint density at radius 1 is 0.900 bits per heavy atom. The Labute approximate surface area is 220 Å². The number of alkyl halides is 6. The molecular weight excluding hydrogens is 599 g/mol. The third-order valence-electron chi connectivity index (χ3n) is 6.52. The third-order valence-corrected chi connectivity index (χ3v) is 7.67. The van der Waals surface area contributed by atoms with Crippen LogP contribution in [0.25, 0.3) is 0 Å². The second-order valence-corrected chi connectivity index (χ2v) is 11.9. The number of piperazine rings is 1. The van der Waals surface area contributed by atoms with Gasteiger partial charge in [-0.25, -0.2) is 4.79 Å². The number of amides is 1. The van der Waals surface area contributed by atoms with E-state index in [1.54, 1.807) is 0 Å². The molecule has 2 heterocycles. The molecule has 40 heavy (non-hydrogen) atoms. The number of anilines is 1. The van der Waals surface area contributed by atoms with E-state index in [9.17, 15) is 55.4 Å². The predicted molar refractivity (Wildman–Crippen MR) is 120 cm³/mol. The van der Waals surface area contributed by atoms with E-state index in [1.165, 1.54) is 9.80 Å². The van der Waals surface area contributed by atoms with Crippen LogP contribution in [0.2, 0.25) is 0 Å². The Morgan fingerprint density at radius 2 is 1.43 bits per heavy atom. The molecule has 1 amide bonds. The van der Waals surface area contributed by atoms with Crippen molar-refractivity contribution in [2.24, 2.45) is 5.92 Å². The Hall–Kier alpha value is -2.70. The van der Waals surface area contributed by atoms with Gasteiger partial charge < -0.3 is 19.6 Å². The first-order chi connectivity index (χ1) is 18.0. The molecule has 0 spiro atoms. The van der Waals surface area contributed by atoms with E-state index < -0.39 is 51.6 Å². The standard InChI is InChI=1S/C21H24F11N3O4S/c22-20(23,24)18(21(25,26)27)39-19(38)35-9-7-33(8-10-35)12-14-1-2-15(40(28,29,30,31)32)11-16(14)34-5-3-13(4-6-34)17(36)37/h1-2,11,13,18H,3-10,12H2,(H,36,37). The molecule has 0 saturated carbocycles. The van der Waals surface area contributed by atoms with Crippen molar-refractivity contribution in [3.05, 3.63) is 23.8 Å². The number of benzene rings is 1. The highest BCUT2D eigenvalue weighted by Gasteiger charge is 2.65. The van der Waals surface area contributed by atoms with Crippen molar-refractivity contribution in [1.82, 2.24) is 9.80 Å². The largest absolute Gasteiger partial charge is 0.481 e. The SMILES string of the molecule is O=C(O)C1CCN(c2cc(S(F)(F)(F)(F)F)ccc2CN2CCN(C(=O)OC(C(F)(F)F)C(F)(F)F)CC2)CC1. The van der Waals surface area contributed by atoms with E-state index in [0.29, 0.717) is 11.0 Å². The molecule has 3 rings (SSSR count). The number of rotatable bonds is 6. The molecule has 2 aliphatic rings. The van der Waals surface area contributed by atoms with Crippen molar-refractivity contribution in [1.29, 1.82) is 0 Å². The zero-order chi connectivity index (χ0) is 30.4. The van der Waals surface area contributed by atoms with Crippen molar-refractivity contribution >= 4 is 28.0 Å². The van der Waals surface area contributed by atoms with Gasteiger partial charge in [0.1, 0.15) is 4.90 Å². The van der Waals surface area contributed by atoms with Crippen LogP contribution >= 0.6 is 10.2 Å². The summed E-state index contributed by atoms with van der Waals surface area (Å²) in [6.07, 6.45) is -17.9. The van der Waals surface area contributed by atoms with E-state index in [-0.39, 0.29) is 76.0 Å². The lowest BCUT2D eigenvalue weighted by atomic mass is 9.96. The van der Waals surface area contributed by atoms with E-state index in [2.05, 4.69) is 4.74 Å². The lowest BCUT2D eigenvalue weighted by Gasteiger charge is -2.42. The molecule has 1 aromatic rings. The summed E-state index contributed by atoms with van der Waals surface area (Å²) < 4.78 is 147. The molecule has 7 nitrogen and oxygen atoms in total. The van der Waals surface area contributed by atoms with Crippen molar-refractivity contribution in [2.45, 2.75) is 42.7 Å². The first-order valence-corrected chi connectivity index (χ1v) is 13.6. The number of carboxylic acids is 1. The van der Waals surface area contributed by atoms with Crippen LogP contribution < -0.4 is 4.90 Å². The third kappa shape index (κ3) is 7.94. The summed E-state index contributed by atoms with van der Waals surface area (Å²) in [5, 5.41) is 9.16. The molecule has 19 heteroatoms. The monoisotopic (exact) mass is 623 g/mol. The predicted octanol–water partition coefficient (Wildman–Crippen LogP) is 6.39. The Morgan fingerprint density at radius 3 is 1.88 bits per heavy atom. The summed E-state index contributed by atoms with van der Waals surface area (Å²) >= 11 is 0. The summed E-state index contributed by atoms with van der Waals surface area (Å²) in [5.41, 5.74) is -0.0702. The molecule has 0 unspecified atom stereocenters. The molecule has 1 N–H and O–H groups in total. The number of carboxylic acid groups (broad SMARTS) is 1. The van der Waals surface area contributed by atoms with Gasteiger partial charge in [0.05, 0.1) is 5.92 Å². The zero-order valence-electron chi connectivity index (χ0n) is 20.3. The number of piperidine rings is 1. The van der Waals surface area contributed by atoms with Gasteiger partial charge >= 0.3 is 34.6 Å².